The Hall–Kier alpha value is -13.1. The molecule has 0 aliphatic heterocycles. The molecule has 4 aliphatic carbocycles. The van der Waals surface area contributed by atoms with Crippen molar-refractivity contribution < 1.29 is 0 Å². The van der Waals surface area contributed by atoms with Crippen molar-refractivity contribution in [3.05, 3.63) is 443 Å². The Morgan fingerprint density at radius 1 is 0.143 bits per heavy atom. The van der Waals surface area contributed by atoms with Crippen LogP contribution in [0.2, 0.25) is 0 Å². The van der Waals surface area contributed by atoms with Crippen LogP contribution in [0, 0.1) is 0 Å². The predicted molar refractivity (Wildman–Crippen MR) is 479 cm³/mol. The summed E-state index contributed by atoms with van der Waals surface area (Å²) < 4.78 is 0. The summed E-state index contributed by atoms with van der Waals surface area (Å²) >= 11 is 0. The summed E-state index contributed by atoms with van der Waals surface area (Å²) in [6, 6.07) is 137. The van der Waals surface area contributed by atoms with Crippen molar-refractivity contribution in [1.29, 1.82) is 0 Å². The van der Waals surface area contributed by atoms with E-state index in [2.05, 4.69) is 466 Å². The number of fused-ring (bicyclic) bond motifs is 4. The van der Waals surface area contributed by atoms with Crippen molar-refractivity contribution in [2.24, 2.45) is 0 Å². The van der Waals surface area contributed by atoms with Gasteiger partial charge in [0.15, 0.2) is 0 Å². The van der Waals surface area contributed by atoms with E-state index in [1.165, 1.54) is 145 Å². The largest absolute Gasteiger partial charge is 0.311 e. The molecule has 112 heavy (non-hydrogen) atoms. The molecule has 0 amide bonds. The van der Waals surface area contributed by atoms with Crippen LogP contribution in [-0.4, -0.2) is 0 Å². The van der Waals surface area contributed by atoms with Gasteiger partial charge in [0, 0.05) is 55.8 Å². The molecule has 15 aromatic rings. The smallest absolute Gasteiger partial charge is 0.0462 e. The zero-order valence-electron chi connectivity index (χ0n) is 65.0. The van der Waals surface area contributed by atoms with E-state index >= 15 is 0 Å². The Morgan fingerprint density at radius 2 is 0.286 bits per heavy atom. The summed E-state index contributed by atoms with van der Waals surface area (Å²) in [5.74, 6) is 0. The van der Waals surface area contributed by atoms with E-state index < -0.39 is 0 Å². The third-order valence-electron chi connectivity index (χ3n) is 24.3. The van der Waals surface area contributed by atoms with Gasteiger partial charge in [-0.2, -0.15) is 0 Å². The average Bonchev–Trinajstić information content (AvgIpc) is 0.854. The van der Waals surface area contributed by atoms with E-state index in [0.717, 1.165) is 34.1 Å². The van der Waals surface area contributed by atoms with Crippen LogP contribution in [0.3, 0.4) is 0 Å². The van der Waals surface area contributed by atoms with Crippen molar-refractivity contribution in [1.82, 2.24) is 0 Å². The average molecular weight is 1440 g/mol. The van der Waals surface area contributed by atoms with Crippen molar-refractivity contribution in [3.63, 3.8) is 0 Å². The molecule has 0 radical (unpaired) electrons. The zero-order chi connectivity index (χ0) is 76.3. The Labute approximate surface area is 661 Å². The number of rotatable bonds is 15. The number of nitrogens with zero attached hydrogens (tertiary/aromatic N) is 2. The second-order valence-electron chi connectivity index (χ2n) is 32.5. The first-order chi connectivity index (χ1) is 54.5. The minimum absolute atomic E-state index is 0.0505. The number of hydrogen-bond donors (Lipinski definition) is 0. The lowest BCUT2D eigenvalue weighted by Crippen LogP contribution is -2.16. The summed E-state index contributed by atoms with van der Waals surface area (Å²) in [7, 11) is 0. The number of anilines is 6. The first kappa shape index (κ1) is 70.5. The third-order valence-corrected chi connectivity index (χ3v) is 24.3. The van der Waals surface area contributed by atoms with Crippen LogP contribution in [0.15, 0.2) is 376 Å². The van der Waals surface area contributed by atoms with Gasteiger partial charge < -0.3 is 9.80 Å². The lowest BCUT2D eigenvalue weighted by Gasteiger charge is -2.28. The van der Waals surface area contributed by atoms with E-state index in [-0.39, 0.29) is 21.7 Å². The summed E-state index contributed by atoms with van der Waals surface area (Å²) in [4.78, 5) is 4.76. The first-order valence-corrected chi connectivity index (χ1v) is 39.4. The fraction of sp³-hybridized carbons (Fsp3) is 0.109. The van der Waals surface area contributed by atoms with Crippen LogP contribution in [0.1, 0.15) is 122 Å². The molecule has 0 bridgehead atoms. The van der Waals surface area contributed by atoms with Gasteiger partial charge in [0.25, 0.3) is 0 Å². The van der Waals surface area contributed by atoms with E-state index in [1.54, 1.807) is 0 Å². The molecule has 0 spiro atoms. The van der Waals surface area contributed by atoms with Gasteiger partial charge in [-0.3, -0.25) is 0 Å². The van der Waals surface area contributed by atoms with Gasteiger partial charge in [-0.05, 0) is 242 Å². The summed E-state index contributed by atoms with van der Waals surface area (Å²) in [6.45, 7) is 18.7. The summed E-state index contributed by atoms with van der Waals surface area (Å²) in [5.41, 5.74) is 39.9. The highest BCUT2D eigenvalue weighted by Gasteiger charge is 2.37. The molecule has 0 aromatic heterocycles. The molecule has 0 fully saturated rings. The van der Waals surface area contributed by atoms with E-state index in [4.69, 9.17) is 0 Å². The van der Waals surface area contributed by atoms with Crippen molar-refractivity contribution in [2.75, 3.05) is 9.80 Å². The van der Waals surface area contributed by atoms with Crippen LogP contribution in [-0.2, 0) is 21.7 Å². The molecule has 0 unspecified atom stereocenters. The van der Waals surface area contributed by atoms with Gasteiger partial charge >= 0.3 is 0 Å². The van der Waals surface area contributed by atoms with Gasteiger partial charge in [0.2, 0.25) is 0 Å². The fourth-order valence-corrected chi connectivity index (χ4v) is 18.0. The SMILES string of the molecule is CC1(C)C(c2ccc(N(c3ccc(C4=Cc5ccccc5C4(C)C)cc3)c3ccc(-c4ccc(-c5ccc(-c6ccccc6)cc5)cc4)cc3)cc2)=Cc2ccccc21.CC1(C)C(c2ccc(N(c3ccc(C4=Cc5ccccc5C4(C)C)cc3)c3ccc(-c4ccc(-c5ccccc5)cc4)cc3)cc2)=Cc2ccccc21. The topological polar surface area (TPSA) is 6.48 Å². The van der Waals surface area contributed by atoms with E-state index in [1.807, 2.05) is 0 Å². The minimum atomic E-state index is -0.0585. The van der Waals surface area contributed by atoms with Gasteiger partial charge in [-0.25, -0.2) is 0 Å². The quantitative estimate of drug-likeness (QED) is 0.101. The molecule has 19 rings (SSSR count). The van der Waals surface area contributed by atoms with Crippen LogP contribution in [0.4, 0.5) is 34.1 Å². The number of hydrogen-bond acceptors (Lipinski definition) is 2. The monoisotopic (exact) mass is 1440 g/mol. The molecular weight excluding hydrogens is 1350 g/mol. The molecule has 2 heteroatoms. The van der Waals surface area contributed by atoms with Crippen LogP contribution in [0.25, 0.3) is 102 Å². The summed E-state index contributed by atoms with van der Waals surface area (Å²) in [5, 5.41) is 0. The maximum Gasteiger partial charge on any atom is 0.0462 e. The Bertz CT molecular complexity index is 5880. The lowest BCUT2D eigenvalue weighted by molar-refractivity contribution is 0.704. The second-order valence-corrected chi connectivity index (χ2v) is 32.5. The van der Waals surface area contributed by atoms with Crippen molar-refractivity contribution in [3.8, 4) is 55.6 Å². The molecule has 540 valence electrons. The first-order valence-electron chi connectivity index (χ1n) is 39.4. The van der Waals surface area contributed by atoms with Crippen LogP contribution < -0.4 is 9.80 Å². The van der Waals surface area contributed by atoms with E-state index in [0.29, 0.717) is 0 Å². The molecule has 4 aliphatic rings. The number of allylic oxidation sites excluding steroid dienone is 4. The van der Waals surface area contributed by atoms with Crippen LogP contribution >= 0.6 is 0 Å². The molecule has 0 atom stereocenters. The molecule has 2 nitrogen and oxygen atoms in total. The normalized spacial score (nSPS) is 14.8. The fourth-order valence-electron chi connectivity index (χ4n) is 18.0. The van der Waals surface area contributed by atoms with Gasteiger partial charge in [0.05, 0.1) is 0 Å². The molecule has 0 saturated heterocycles. The number of benzene rings is 15. The Morgan fingerprint density at radius 3 is 0.464 bits per heavy atom. The minimum Gasteiger partial charge on any atom is -0.311 e. The van der Waals surface area contributed by atoms with Gasteiger partial charge in [0.1, 0.15) is 0 Å². The molecule has 0 saturated carbocycles. The predicted octanol–water partition coefficient (Wildman–Crippen LogP) is 30.0. The standard InChI is InChI=1S/C58H47N.C52H43N/c1-57(2)53-16-10-8-14-48(53)38-55(57)46-28-34-51(35-29-46)59(52-36-30-47(31-37-52)56-39-49-15-9-11-17-54(49)58(56,3)4)50-32-26-45(27-33-50)44-24-22-43(23-25-44)42-20-18-41(19-21-42)40-12-6-5-7-13-40;1-51(2)47-16-10-8-14-42(47)34-49(51)40-24-30-45(31-25-40)53(46-32-26-41(27-33-46)50-35-43-15-9-11-17-48(43)52(50,3)4)44-28-22-39(23-29-44)38-20-18-37(19-21-38)36-12-6-5-7-13-36/h5-39H,1-4H3;5-35H,1-4H3. The second kappa shape index (κ2) is 28.7. The zero-order valence-corrected chi connectivity index (χ0v) is 65.0. The Balaban J connectivity index is 0.000000157. The highest BCUT2D eigenvalue weighted by molar-refractivity contribution is 5.99. The molecule has 0 heterocycles. The highest BCUT2D eigenvalue weighted by Crippen LogP contribution is 2.52. The lowest BCUT2D eigenvalue weighted by atomic mass is 9.78. The maximum atomic E-state index is 2.38. The van der Waals surface area contributed by atoms with Crippen LogP contribution in [0.5, 0.6) is 0 Å². The molecule has 0 N–H and O–H groups in total. The van der Waals surface area contributed by atoms with Gasteiger partial charge in [-0.15, -0.1) is 0 Å². The van der Waals surface area contributed by atoms with Gasteiger partial charge in [-0.1, -0.05) is 359 Å². The van der Waals surface area contributed by atoms with Crippen molar-refractivity contribution >= 4 is 80.7 Å². The maximum absolute atomic E-state index is 2.38. The molecule has 15 aromatic carbocycles. The highest BCUT2D eigenvalue weighted by atomic mass is 15.1. The van der Waals surface area contributed by atoms with Crippen molar-refractivity contribution in [2.45, 2.75) is 77.0 Å². The third kappa shape index (κ3) is 13.1. The molecular formula is C110H90N2. The van der Waals surface area contributed by atoms with E-state index in [9.17, 15) is 0 Å². The Kier molecular flexibility index (Phi) is 18.1. The summed E-state index contributed by atoms with van der Waals surface area (Å²) in [6.07, 6.45) is 9.46.